The molecule has 2 saturated heterocycles. The van der Waals surface area contributed by atoms with Crippen LogP contribution in [-0.4, -0.2) is 74.3 Å². The average Bonchev–Trinajstić information content (AvgIpc) is 3.69. The molecule has 5 rings (SSSR count). The minimum Gasteiger partial charge on any atom is -0.467 e. The van der Waals surface area contributed by atoms with Gasteiger partial charge in [0.1, 0.15) is 22.9 Å². The molecule has 16 heteroatoms. The molecule has 2 aromatic heterocycles. The number of pyridine rings is 1. The second-order valence-corrected chi connectivity index (χ2v) is 11.6. The molecule has 1 unspecified atom stereocenters. The van der Waals surface area contributed by atoms with Crippen molar-refractivity contribution in [1.82, 2.24) is 14.9 Å². The molecule has 0 aliphatic carbocycles. The number of amides is 1. The van der Waals surface area contributed by atoms with Gasteiger partial charge in [0.05, 0.1) is 18.9 Å². The summed E-state index contributed by atoms with van der Waals surface area (Å²) in [7, 11) is 1.08. The first-order chi connectivity index (χ1) is 19.5. The molecular weight excluding hydrogens is 585 g/mol. The first-order valence-corrected chi connectivity index (χ1v) is 14.6. The van der Waals surface area contributed by atoms with Gasteiger partial charge in [-0.1, -0.05) is 17.4 Å². The van der Waals surface area contributed by atoms with Gasteiger partial charge in [0, 0.05) is 37.6 Å². The van der Waals surface area contributed by atoms with Gasteiger partial charge in [-0.3, -0.25) is 9.35 Å². The van der Waals surface area contributed by atoms with E-state index in [0.717, 1.165) is 48.3 Å². The highest BCUT2D eigenvalue weighted by atomic mass is 32.2. The zero-order chi connectivity index (χ0) is 29.5. The van der Waals surface area contributed by atoms with E-state index < -0.39 is 53.4 Å². The van der Waals surface area contributed by atoms with Gasteiger partial charge in [-0.2, -0.15) is 13.2 Å². The molecule has 2 fully saturated rings. The second-order valence-electron chi connectivity index (χ2n) is 9.74. The lowest BCUT2D eigenvalue weighted by Crippen LogP contribution is -2.49. The van der Waals surface area contributed by atoms with Crippen molar-refractivity contribution in [3.63, 3.8) is 0 Å². The number of nitrogen functional groups attached to an aromatic ring is 1. The van der Waals surface area contributed by atoms with E-state index in [1.54, 1.807) is 0 Å². The maximum Gasteiger partial charge on any atom is 0.416 e. The van der Waals surface area contributed by atoms with Crippen LogP contribution in [-0.2, 0) is 38.2 Å². The standard InChI is InChI=1S/C25H27F3N6O5S2/c1-39-23(36)19(11-15-10-14-4-6-30-21(29)16(14)12-17(15)25(26,27)28)33-9-5-18(22(33)35)34(41(37)38)20-13-31-24(40-20)32-7-2-3-8-32/h4,6,10,12-13,18-19H,2-3,5,7-9,11H2,1H3,(H2,29,30)(H,37,38)/t18-,19+/m0/s1. The number of rotatable bonds is 8. The number of anilines is 3. The summed E-state index contributed by atoms with van der Waals surface area (Å²) < 4.78 is 70.8. The van der Waals surface area contributed by atoms with Gasteiger partial charge in [-0.15, -0.1) is 0 Å². The minimum atomic E-state index is -4.78. The molecule has 1 aromatic carbocycles. The number of halogens is 3. The molecule has 4 heterocycles. The van der Waals surface area contributed by atoms with Gasteiger partial charge in [0.15, 0.2) is 5.13 Å². The number of esters is 1. The van der Waals surface area contributed by atoms with E-state index in [2.05, 4.69) is 9.97 Å². The number of ether oxygens (including phenoxy) is 1. The molecule has 3 atom stereocenters. The van der Waals surface area contributed by atoms with E-state index >= 15 is 0 Å². The van der Waals surface area contributed by atoms with E-state index in [4.69, 9.17) is 10.5 Å². The number of carbonyl (C=O) groups excluding carboxylic acids is 2. The minimum absolute atomic E-state index is 0.0411. The number of carbonyl (C=O) groups is 2. The van der Waals surface area contributed by atoms with Crippen LogP contribution in [0.5, 0.6) is 0 Å². The zero-order valence-corrected chi connectivity index (χ0v) is 23.5. The maximum atomic E-state index is 14.1. The Morgan fingerprint density at radius 3 is 2.68 bits per heavy atom. The van der Waals surface area contributed by atoms with Crippen LogP contribution in [0.4, 0.5) is 29.1 Å². The molecule has 3 aromatic rings. The van der Waals surface area contributed by atoms with E-state index in [1.165, 1.54) is 35.9 Å². The monoisotopic (exact) mass is 612 g/mol. The van der Waals surface area contributed by atoms with Crippen molar-refractivity contribution < 1.29 is 36.3 Å². The van der Waals surface area contributed by atoms with Crippen molar-refractivity contribution in [3.05, 3.63) is 41.7 Å². The molecule has 3 N–H and O–H groups in total. The third-order valence-electron chi connectivity index (χ3n) is 7.33. The highest BCUT2D eigenvalue weighted by Gasteiger charge is 2.45. The predicted octanol–water partition coefficient (Wildman–Crippen LogP) is 3.22. The molecule has 0 saturated carbocycles. The first kappa shape index (κ1) is 29.0. The summed E-state index contributed by atoms with van der Waals surface area (Å²) in [5, 5.41) is 1.45. The largest absolute Gasteiger partial charge is 0.467 e. The number of hydrogen-bond acceptors (Lipinski definition) is 9. The number of thiazole rings is 1. The van der Waals surface area contributed by atoms with Crippen molar-refractivity contribution in [2.75, 3.05) is 41.7 Å². The molecule has 2 aliphatic rings. The average molecular weight is 613 g/mol. The summed E-state index contributed by atoms with van der Waals surface area (Å²) >= 11 is -1.44. The fourth-order valence-corrected chi connectivity index (χ4v) is 7.20. The Labute approximate surface area is 239 Å². The number of likely N-dealkylation sites (tertiary alicyclic amines) is 1. The highest BCUT2D eigenvalue weighted by Crippen LogP contribution is 2.38. The van der Waals surface area contributed by atoms with Gasteiger partial charge >= 0.3 is 12.1 Å². The fraction of sp³-hybridized carbons (Fsp3) is 0.440. The van der Waals surface area contributed by atoms with E-state index in [1.807, 2.05) is 4.90 Å². The summed E-state index contributed by atoms with van der Waals surface area (Å²) in [6.45, 7) is 1.58. The third kappa shape index (κ3) is 5.67. The second kappa shape index (κ2) is 11.4. The summed E-state index contributed by atoms with van der Waals surface area (Å²) in [4.78, 5) is 37.9. The van der Waals surface area contributed by atoms with Crippen molar-refractivity contribution in [3.8, 4) is 0 Å². The smallest absolute Gasteiger partial charge is 0.416 e. The normalized spacial score (nSPS) is 19.1. The molecule has 0 radical (unpaired) electrons. The van der Waals surface area contributed by atoms with Crippen molar-refractivity contribution >= 4 is 61.2 Å². The highest BCUT2D eigenvalue weighted by molar-refractivity contribution is 7.81. The van der Waals surface area contributed by atoms with Crippen LogP contribution in [0.3, 0.4) is 0 Å². The Balaban J connectivity index is 1.46. The maximum absolute atomic E-state index is 14.1. The third-order valence-corrected chi connectivity index (χ3v) is 9.29. The van der Waals surface area contributed by atoms with Crippen molar-refractivity contribution in [2.45, 2.75) is 43.9 Å². The molecule has 0 spiro atoms. The number of nitrogens with zero attached hydrogens (tertiary/aromatic N) is 5. The van der Waals surface area contributed by atoms with Crippen molar-refractivity contribution in [2.24, 2.45) is 0 Å². The molecule has 2 aliphatic heterocycles. The van der Waals surface area contributed by atoms with E-state index in [9.17, 15) is 31.5 Å². The van der Waals surface area contributed by atoms with Gasteiger partial charge in [-0.05, 0) is 42.3 Å². The van der Waals surface area contributed by atoms with E-state index in [-0.39, 0.29) is 29.7 Å². The Bertz CT molecular complexity index is 1500. The van der Waals surface area contributed by atoms with Crippen LogP contribution in [0.1, 0.15) is 30.4 Å². The summed E-state index contributed by atoms with van der Waals surface area (Å²) in [5.74, 6) is -1.66. The van der Waals surface area contributed by atoms with Gasteiger partial charge in [0.2, 0.25) is 5.91 Å². The van der Waals surface area contributed by atoms with Crippen LogP contribution in [0.25, 0.3) is 10.8 Å². The predicted molar refractivity (Wildman–Crippen MR) is 148 cm³/mol. The van der Waals surface area contributed by atoms with Gasteiger partial charge in [-0.25, -0.2) is 23.3 Å². The van der Waals surface area contributed by atoms with E-state index in [0.29, 0.717) is 15.5 Å². The lowest BCUT2D eigenvalue weighted by Gasteiger charge is -2.29. The Morgan fingerprint density at radius 1 is 1.29 bits per heavy atom. The lowest BCUT2D eigenvalue weighted by atomic mass is 9.95. The van der Waals surface area contributed by atoms with Gasteiger partial charge < -0.3 is 20.3 Å². The number of nitrogens with two attached hydrogens (primary N) is 1. The fourth-order valence-electron chi connectivity index (χ4n) is 5.35. The lowest BCUT2D eigenvalue weighted by molar-refractivity contribution is -0.151. The Hall–Kier alpha value is -3.50. The molecule has 11 nitrogen and oxygen atoms in total. The number of fused-ring (bicyclic) bond motifs is 1. The molecule has 41 heavy (non-hydrogen) atoms. The number of aromatic nitrogens is 2. The number of hydrogen-bond donors (Lipinski definition) is 2. The zero-order valence-electron chi connectivity index (χ0n) is 21.8. The Morgan fingerprint density at radius 2 is 2.02 bits per heavy atom. The first-order valence-electron chi connectivity index (χ1n) is 12.7. The molecule has 1 amide bonds. The molecule has 0 bridgehead atoms. The van der Waals surface area contributed by atoms with Gasteiger partial charge in [0.25, 0.3) is 11.3 Å². The number of benzene rings is 1. The topological polar surface area (TPSA) is 142 Å². The van der Waals surface area contributed by atoms with Crippen LogP contribution < -0.4 is 14.9 Å². The van der Waals surface area contributed by atoms with Crippen LogP contribution in [0.2, 0.25) is 0 Å². The number of alkyl halides is 3. The van der Waals surface area contributed by atoms with Crippen LogP contribution >= 0.6 is 11.3 Å². The van der Waals surface area contributed by atoms with Crippen LogP contribution in [0.15, 0.2) is 30.6 Å². The van der Waals surface area contributed by atoms with Crippen molar-refractivity contribution in [1.29, 1.82) is 0 Å². The molecule has 220 valence electrons. The number of methoxy groups -OCH3 is 1. The summed E-state index contributed by atoms with van der Waals surface area (Å²) in [6.07, 6.45) is -0.430. The van der Waals surface area contributed by atoms with Crippen LogP contribution in [0, 0.1) is 0 Å². The molecular formula is C25H27F3N6O5S2. The quantitative estimate of drug-likeness (QED) is 0.290. The Kier molecular flexibility index (Phi) is 8.07. The summed E-state index contributed by atoms with van der Waals surface area (Å²) in [6, 6.07) is 1.11. The summed E-state index contributed by atoms with van der Waals surface area (Å²) in [5.41, 5.74) is 4.55. The SMILES string of the molecule is COC(=O)[C@@H](Cc1cc2ccnc(N)c2cc1C(F)(F)F)N1CC[C@H](N(c2cnc(N3CCCC3)s2)S(=O)O)C1=O.